The molecule has 0 unspecified atom stereocenters. The first kappa shape index (κ1) is 25.8. The predicted molar refractivity (Wildman–Crippen MR) is 132 cm³/mol. The lowest BCUT2D eigenvalue weighted by atomic mass is 10.1. The maximum atomic E-state index is 13.1. The van der Waals surface area contributed by atoms with Gasteiger partial charge in [-0.15, -0.1) is 0 Å². The summed E-state index contributed by atoms with van der Waals surface area (Å²) < 4.78 is 5.41. The molecule has 0 radical (unpaired) electrons. The predicted octanol–water partition coefficient (Wildman–Crippen LogP) is 5.15. The van der Waals surface area contributed by atoms with Crippen molar-refractivity contribution >= 4 is 35.0 Å². The molecule has 8 heteroatoms. The third kappa shape index (κ3) is 6.86. The minimum atomic E-state index is -0.265. The van der Waals surface area contributed by atoms with E-state index in [1.165, 1.54) is 29.1 Å². The summed E-state index contributed by atoms with van der Waals surface area (Å²) in [5.74, 6) is 0.110. The van der Waals surface area contributed by atoms with Crippen molar-refractivity contribution in [3.8, 4) is 0 Å². The number of halogens is 1. The molecule has 1 aromatic heterocycles. The maximum Gasteiger partial charge on any atom is 0.248 e. The first-order valence-electron chi connectivity index (χ1n) is 12.0. The first-order chi connectivity index (χ1) is 16.4. The number of carbonyl (C=O) groups excluding carboxylic acids is 3. The lowest BCUT2D eigenvalue weighted by Gasteiger charge is -2.25. The molecular weight excluding hydrogens is 454 g/mol. The third-order valence-corrected chi connectivity index (χ3v) is 6.58. The summed E-state index contributed by atoms with van der Waals surface area (Å²) in [6.45, 7) is 4.28. The third-order valence-electron chi connectivity index (χ3n) is 6.17. The second-order valence-corrected chi connectivity index (χ2v) is 9.19. The van der Waals surface area contributed by atoms with E-state index in [1.54, 1.807) is 35.4 Å². The Kier molecular flexibility index (Phi) is 9.57. The van der Waals surface area contributed by atoms with Crippen molar-refractivity contribution in [2.75, 3.05) is 24.7 Å². The number of furan rings is 1. The van der Waals surface area contributed by atoms with Crippen LogP contribution in [-0.2, 0) is 20.9 Å². The molecule has 7 nitrogen and oxygen atoms in total. The molecule has 1 aliphatic heterocycles. The summed E-state index contributed by atoms with van der Waals surface area (Å²) in [5.41, 5.74) is 1.49. The van der Waals surface area contributed by atoms with Crippen LogP contribution in [-0.4, -0.2) is 47.3 Å². The van der Waals surface area contributed by atoms with Gasteiger partial charge in [-0.25, -0.2) is 0 Å². The number of hydrogen-bond acceptors (Lipinski definition) is 4. The van der Waals surface area contributed by atoms with Crippen molar-refractivity contribution in [2.45, 2.75) is 65.3 Å². The molecule has 2 heterocycles. The molecule has 3 amide bonds. The fourth-order valence-electron chi connectivity index (χ4n) is 4.12. The Balaban J connectivity index is 1.61. The highest BCUT2D eigenvalue weighted by Crippen LogP contribution is 2.28. The van der Waals surface area contributed by atoms with Crippen LogP contribution in [0.1, 0.15) is 63.2 Å². The van der Waals surface area contributed by atoms with Gasteiger partial charge in [0, 0.05) is 17.1 Å². The smallest absolute Gasteiger partial charge is 0.248 e. The molecule has 1 saturated heterocycles. The molecule has 0 atom stereocenters. The molecule has 3 rings (SSSR count). The van der Waals surface area contributed by atoms with Crippen molar-refractivity contribution in [3.05, 3.63) is 52.9 Å². The monoisotopic (exact) mass is 487 g/mol. The van der Waals surface area contributed by atoms with Crippen molar-refractivity contribution in [1.82, 2.24) is 9.80 Å². The fraction of sp³-hybridized carbons (Fsp3) is 0.500. The molecule has 0 aliphatic carbocycles. The topological polar surface area (TPSA) is 74.1 Å². The van der Waals surface area contributed by atoms with Crippen LogP contribution < -0.4 is 4.90 Å². The van der Waals surface area contributed by atoms with Gasteiger partial charge in [0.2, 0.25) is 17.7 Å². The molecule has 0 N–H and O–H groups in total. The first-order valence-corrected chi connectivity index (χ1v) is 12.4. The number of anilines is 1. The largest absolute Gasteiger partial charge is 0.467 e. The molecule has 0 bridgehead atoms. The summed E-state index contributed by atoms with van der Waals surface area (Å²) >= 11 is 6.22. The Bertz CT molecular complexity index is 976. The second kappa shape index (κ2) is 12.6. The quantitative estimate of drug-likeness (QED) is 0.388. The van der Waals surface area contributed by atoms with E-state index < -0.39 is 0 Å². The van der Waals surface area contributed by atoms with Crippen LogP contribution in [0.4, 0.5) is 5.69 Å². The van der Waals surface area contributed by atoms with Crippen molar-refractivity contribution in [2.24, 2.45) is 0 Å². The molecule has 0 saturated carbocycles. The number of rotatable bonds is 12. The highest BCUT2D eigenvalue weighted by Gasteiger charge is 2.34. The van der Waals surface area contributed by atoms with Gasteiger partial charge in [-0.2, -0.15) is 0 Å². The molecule has 0 spiro atoms. The lowest BCUT2D eigenvalue weighted by Crippen LogP contribution is -2.42. The van der Waals surface area contributed by atoms with Crippen molar-refractivity contribution in [3.63, 3.8) is 0 Å². The van der Waals surface area contributed by atoms with Gasteiger partial charge in [-0.05, 0) is 43.2 Å². The van der Waals surface area contributed by atoms with Gasteiger partial charge in [-0.1, -0.05) is 56.7 Å². The Hall–Kier alpha value is -2.80. The second-order valence-electron chi connectivity index (χ2n) is 8.79. The van der Waals surface area contributed by atoms with Gasteiger partial charge < -0.3 is 14.2 Å². The fourth-order valence-corrected chi connectivity index (χ4v) is 4.28. The molecule has 2 aromatic rings. The average molecular weight is 488 g/mol. The molecule has 1 aromatic carbocycles. The Morgan fingerprint density at radius 3 is 2.59 bits per heavy atom. The Labute approximate surface area is 206 Å². The van der Waals surface area contributed by atoms with Crippen LogP contribution in [0.25, 0.3) is 0 Å². The summed E-state index contributed by atoms with van der Waals surface area (Å²) in [7, 11) is 0. The van der Waals surface area contributed by atoms with E-state index in [1.807, 2.05) is 13.0 Å². The Morgan fingerprint density at radius 2 is 1.85 bits per heavy atom. The minimum Gasteiger partial charge on any atom is -0.467 e. The standard InChI is InChI=1S/C26H34ClN3O4/c1-3-4-5-6-7-8-14-24(31)28(16-21-11-10-15-34-21)17-25(32)29-18-26(33)30(19-29)23-13-9-12-22(27)20(23)2/h9-13,15H,3-8,14,16-19H2,1-2H3. The van der Waals surface area contributed by atoms with Crippen molar-refractivity contribution < 1.29 is 18.8 Å². The van der Waals surface area contributed by atoms with Crippen LogP contribution in [0.3, 0.4) is 0 Å². The van der Waals surface area contributed by atoms with E-state index in [2.05, 4.69) is 6.92 Å². The number of hydrogen-bond donors (Lipinski definition) is 0. The number of unbranched alkanes of at least 4 members (excludes halogenated alkanes) is 5. The van der Waals surface area contributed by atoms with Crippen LogP contribution >= 0.6 is 11.6 Å². The van der Waals surface area contributed by atoms with E-state index >= 15 is 0 Å². The average Bonchev–Trinajstić information content (AvgIpc) is 3.47. The highest BCUT2D eigenvalue weighted by molar-refractivity contribution is 6.31. The van der Waals surface area contributed by atoms with Gasteiger partial charge in [0.1, 0.15) is 25.5 Å². The highest BCUT2D eigenvalue weighted by atomic mass is 35.5. The van der Waals surface area contributed by atoms with Crippen LogP contribution in [0, 0.1) is 6.92 Å². The van der Waals surface area contributed by atoms with Gasteiger partial charge in [0.15, 0.2) is 0 Å². The zero-order valence-corrected chi connectivity index (χ0v) is 20.9. The van der Waals surface area contributed by atoms with E-state index in [4.69, 9.17) is 16.0 Å². The summed E-state index contributed by atoms with van der Waals surface area (Å²) in [4.78, 5) is 43.3. The number of amides is 3. The molecular formula is C26H34ClN3O4. The number of benzene rings is 1. The summed E-state index contributed by atoms with van der Waals surface area (Å²) in [5, 5.41) is 0.569. The zero-order valence-electron chi connectivity index (χ0n) is 20.1. The van der Waals surface area contributed by atoms with Crippen LogP contribution in [0.15, 0.2) is 41.0 Å². The lowest BCUT2D eigenvalue weighted by molar-refractivity contribution is -0.141. The van der Waals surface area contributed by atoms with Crippen molar-refractivity contribution in [1.29, 1.82) is 0 Å². The summed E-state index contributed by atoms with van der Waals surface area (Å²) in [6.07, 6.45) is 8.46. The number of nitrogens with zero attached hydrogens (tertiary/aromatic N) is 3. The van der Waals surface area contributed by atoms with Gasteiger partial charge in [-0.3, -0.25) is 19.3 Å². The molecule has 34 heavy (non-hydrogen) atoms. The van der Waals surface area contributed by atoms with Crippen LogP contribution in [0.5, 0.6) is 0 Å². The van der Waals surface area contributed by atoms with Gasteiger partial charge in [0.25, 0.3) is 0 Å². The Morgan fingerprint density at radius 1 is 1.09 bits per heavy atom. The SMILES string of the molecule is CCCCCCCCC(=O)N(CC(=O)N1CC(=O)N(c2cccc(Cl)c2C)C1)Cc1ccco1. The normalized spacial score (nSPS) is 13.6. The number of carbonyl (C=O) groups is 3. The summed E-state index contributed by atoms with van der Waals surface area (Å²) in [6, 6.07) is 8.93. The van der Waals surface area contributed by atoms with E-state index in [-0.39, 0.29) is 44.0 Å². The van der Waals surface area contributed by atoms with E-state index in [0.29, 0.717) is 22.9 Å². The molecule has 184 valence electrons. The molecule has 1 fully saturated rings. The van der Waals surface area contributed by atoms with E-state index in [9.17, 15) is 14.4 Å². The zero-order chi connectivity index (χ0) is 24.5. The minimum absolute atomic E-state index is 0.0228. The maximum absolute atomic E-state index is 13.1. The van der Waals surface area contributed by atoms with Crippen LogP contribution in [0.2, 0.25) is 5.02 Å². The molecule has 1 aliphatic rings. The van der Waals surface area contributed by atoms with E-state index in [0.717, 1.165) is 24.8 Å². The van der Waals surface area contributed by atoms with Gasteiger partial charge >= 0.3 is 0 Å². The van der Waals surface area contributed by atoms with Gasteiger partial charge in [0.05, 0.1) is 12.8 Å².